The molecule has 3 aromatic heterocycles. The van der Waals surface area contributed by atoms with E-state index in [0.717, 1.165) is 66.2 Å². The number of aromatic nitrogens is 2. The highest BCUT2D eigenvalue weighted by Crippen LogP contribution is 2.42. The molecule has 0 saturated carbocycles. The van der Waals surface area contributed by atoms with Gasteiger partial charge in [-0.25, -0.2) is 4.85 Å². The van der Waals surface area contributed by atoms with E-state index in [1.165, 1.54) is 10.8 Å². The maximum Gasteiger partial charge on any atom is 0.206 e. The molecular formula is C38H20N4O. The van der Waals surface area contributed by atoms with Crippen LogP contribution in [-0.4, -0.2) is 9.13 Å². The summed E-state index contributed by atoms with van der Waals surface area (Å²) in [7, 11) is 0. The predicted molar refractivity (Wildman–Crippen MR) is 173 cm³/mol. The first kappa shape index (κ1) is 23.4. The summed E-state index contributed by atoms with van der Waals surface area (Å²) in [5.74, 6) is 0. The fourth-order valence-electron chi connectivity index (χ4n) is 6.74. The van der Waals surface area contributed by atoms with Crippen LogP contribution < -0.4 is 0 Å². The molecule has 9 aromatic rings. The minimum absolute atomic E-state index is 0.335. The van der Waals surface area contributed by atoms with Crippen molar-refractivity contribution in [1.82, 2.24) is 9.13 Å². The Morgan fingerprint density at radius 3 is 1.93 bits per heavy atom. The van der Waals surface area contributed by atoms with Gasteiger partial charge in [-0.15, -0.1) is 0 Å². The lowest BCUT2D eigenvalue weighted by atomic mass is 10.1. The standard InChI is InChI=1S/C38H20N4O/c1-40-31-21-25(15-14-23(31)22-39)42-34-18-16-24(41-32-11-5-2-8-26(32)27-9-3-6-12-33(27)41)20-30(34)37-35(42)19-17-29-28-10-4-7-13-36(28)43-38(29)37/h2-21H. The third-order valence-electron chi connectivity index (χ3n) is 8.57. The fraction of sp³-hybridized carbons (Fsp3) is 0. The van der Waals surface area contributed by atoms with Gasteiger partial charge in [0.05, 0.1) is 45.7 Å². The van der Waals surface area contributed by atoms with Crippen molar-refractivity contribution in [2.75, 3.05) is 0 Å². The molecule has 0 amide bonds. The van der Waals surface area contributed by atoms with Gasteiger partial charge in [-0.3, -0.25) is 0 Å². The van der Waals surface area contributed by atoms with Gasteiger partial charge in [-0.1, -0.05) is 60.7 Å². The summed E-state index contributed by atoms with van der Waals surface area (Å²) in [6.07, 6.45) is 0. The lowest BCUT2D eigenvalue weighted by Gasteiger charge is -2.11. The Balaban J connectivity index is 1.44. The van der Waals surface area contributed by atoms with E-state index in [1.807, 2.05) is 24.3 Å². The van der Waals surface area contributed by atoms with Crippen molar-refractivity contribution in [1.29, 1.82) is 5.26 Å². The molecule has 0 aliphatic heterocycles. The average molecular weight is 549 g/mol. The van der Waals surface area contributed by atoms with E-state index in [2.05, 4.69) is 105 Å². The van der Waals surface area contributed by atoms with Crippen molar-refractivity contribution in [3.05, 3.63) is 138 Å². The summed E-state index contributed by atoms with van der Waals surface area (Å²) in [6, 6.07) is 43.6. The first-order valence-corrected chi connectivity index (χ1v) is 14.0. The maximum atomic E-state index is 9.56. The van der Waals surface area contributed by atoms with Crippen LogP contribution in [0, 0.1) is 17.9 Å². The highest BCUT2D eigenvalue weighted by molar-refractivity contribution is 6.24. The molecule has 3 heterocycles. The van der Waals surface area contributed by atoms with Gasteiger partial charge >= 0.3 is 0 Å². The molecule has 0 aliphatic rings. The molecule has 0 unspecified atom stereocenters. The Kier molecular flexibility index (Phi) is 4.68. The molecule has 0 N–H and O–H groups in total. The van der Waals surface area contributed by atoms with Gasteiger partial charge in [0, 0.05) is 38.3 Å². The number of nitrogens with zero attached hydrogens (tertiary/aromatic N) is 4. The summed E-state index contributed by atoms with van der Waals surface area (Å²) in [5.41, 5.74) is 8.52. The molecule has 0 atom stereocenters. The van der Waals surface area contributed by atoms with Crippen molar-refractivity contribution in [3.63, 3.8) is 0 Å². The molecule has 0 spiro atoms. The molecule has 9 rings (SSSR count). The van der Waals surface area contributed by atoms with Crippen LogP contribution in [0.2, 0.25) is 0 Å². The van der Waals surface area contributed by atoms with E-state index in [4.69, 9.17) is 11.0 Å². The van der Waals surface area contributed by atoms with Crippen molar-refractivity contribution in [2.45, 2.75) is 0 Å². The average Bonchev–Trinajstić information content (AvgIpc) is 3.71. The van der Waals surface area contributed by atoms with Gasteiger partial charge in [-0.05, 0) is 60.7 Å². The third-order valence-corrected chi connectivity index (χ3v) is 8.57. The number of rotatable bonds is 2. The second-order valence-electron chi connectivity index (χ2n) is 10.8. The van der Waals surface area contributed by atoms with Crippen LogP contribution in [0.25, 0.3) is 81.8 Å². The monoisotopic (exact) mass is 548 g/mol. The molecule has 0 radical (unpaired) electrons. The van der Waals surface area contributed by atoms with Gasteiger partial charge in [0.1, 0.15) is 11.2 Å². The number of fused-ring (bicyclic) bond motifs is 10. The van der Waals surface area contributed by atoms with Gasteiger partial charge < -0.3 is 13.6 Å². The lowest BCUT2D eigenvalue weighted by Crippen LogP contribution is -1.96. The molecule has 0 saturated heterocycles. The van der Waals surface area contributed by atoms with Gasteiger partial charge in [-0.2, -0.15) is 5.26 Å². The topological polar surface area (TPSA) is 51.1 Å². The maximum absolute atomic E-state index is 9.56. The summed E-state index contributed by atoms with van der Waals surface area (Å²) in [5, 5.41) is 16.2. The van der Waals surface area contributed by atoms with Crippen molar-refractivity contribution >= 4 is 71.2 Å². The summed E-state index contributed by atoms with van der Waals surface area (Å²) >= 11 is 0. The van der Waals surface area contributed by atoms with Crippen molar-refractivity contribution in [2.24, 2.45) is 0 Å². The van der Waals surface area contributed by atoms with Crippen LogP contribution in [0.5, 0.6) is 0 Å². The Hall–Kier alpha value is -6.30. The number of hydrogen-bond acceptors (Lipinski definition) is 2. The minimum atomic E-state index is 0.335. The molecular weight excluding hydrogens is 528 g/mol. The summed E-state index contributed by atoms with van der Waals surface area (Å²) in [6.45, 7) is 7.69. The zero-order valence-electron chi connectivity index (χ0n) is 22.7. The van der Waals surface area contributed by atoms with Gasteiger partial charge in [0.15, 0.2) is 0 Å². The first-order valence-electron chi connectivity index (χ1n) is 14.0. The molecule has 0 bridgehead atoms. The second-order valence-corrected chi connectivity index (χ2v) is 10.8. The van der Waals surface area contributed by atoms with Crippen LogP contribution in [-0.2, 0) is 0 Å². The smallest absolute Gasteiger partial charge is 0.206 e. The minimum Gasteiger partial charge on any atom is -0.455 e. The summed E-state index contributed by atoms with van der Waals surface area (Å²) in [4.78, 5) is 3.65. The Morgan fingerprint density at radius 2 is 1.19 bits per heavy atom. The molecule has 5 heteroatoms. The molecule has 0 aliphatic carbocycles. The van der Waals surface area contributed by atoms with Crippen LogP contribution in [0.3, 0.4) is 0 Å². The van der Waals surface area contributed by atoms with Crippen LogP contribution in [0.1, 0.15) is 5.56 Å². The lowest BCUT2D eigenvalue weighted by molar-refractivity contribution is 0.673. The van der Waals surface area contributed by atoms with Crippen molar-refractivity contribution < 1.29 is 4.42 Å². The van der Waals surface area contributed by atoms with Gasteiger partial charge in [0.25, 0.3) is 0 Å². The third kappa shape index (κ3) is 3.14. The zero-order valence-corrected chi connectivity index (χ0v) is 22.7. The number of hydrogen-bond donors (Lipinski definition) is 0. The highest BCUT2D eigenvalue weighted by Gasteiger charge is 2.21. The Bertz CT molecular complexity index is 2650. The molecule has 43 heavy (non-hydrogen) atoms. The van der Waals surface area contributed by atoms with Crippen LogP contribution in [0.4, 0.5) is 5.69 Å². The number of nitriles is 1. The Morgan fingerprint density at radius 1 is 0.581 bits per heavy atom. The van der Waals surface area contributed by atoms with Gasteiger partial charge in [0.2, 0.25) is 5.69 Å². The number of furan rings is 1. The second kappa shape index (κ2) is 8.60. The Labute approximate surface area is 245 Å². The SMILES string of the molecule is [C-]#[N+]c1cc(-n2c3ccc(-n4c5ccccc5c5ccccc54)cc3c3c4oc5ccccc5c4ccc32)ccc1C#N. The fourth-order valence-corrected chi connectivity index (χ4v) is 6.74. The van der Waals surface area contributed by atoms with E-state index >= 15 is 0 Å². The first-order chi connectivity index (χ1) is 21.2. The quantitative estimate of drug-likeness (QED) is 0.202. The predicted octanol–water partition coefficient (Wildman–Crippen LogP) is 10.2. The van der Waals surface area contributed by atoms with E-state index < -0.39 is 0 Å². The number of benzene rings is 6. The largest absolute Gasteiger partial charge is 0.455 e. The van der Waals surface area contributed by atoms with Crippen LogP contribution >= 0.6 is 0 Å². The highest BCUT2D eigenvalue weighted by atomic mass is 16.3. The zero-order chi connectivity index (χ0) is 28.7. The van der Waals surface area contributed by atoms with Crippen LogP contribution in [0.15, 0.2) is 126 Å². The molecule has 198 valence electrons. The summed E-state index contributed by atoms with van der Waals surface area (Å²) < 4.78 is 11.1. The normalized spacial score (nSPS) is 11.7. The van der Waals surface area contributed by atoms with E-state index in [-0.39, 0.29) is 0 Å². The molecule has 6 aromatic carbocycles. The van der Waals surface area contributed by atoms with E-state index in [1.54, 1.807) is 12.1 Å². The molecule has 5 nitrogen and oxygen atoms in total. The van der Waals surface area contributed by atoms with E-state index in [0.29, 0.717) is 11.3 Å². The van der Waals surface area contributed by atoms with Crippen molar-refractivity contribution in [3.8, 4) is 17.4 Å². The molecule has 0 fully saturated rings. The number of para-hydroxylation sites is 3. The van der Waals surface area contributed by atoms with E-state index in [9.17, 15) is 5.26 Å².